The number of hydrogen-bond acceptors (Lipinski definition) is 5. The quantitative estimate of drug-likeness (QED) is 0.650. The molecule has 1 amide bonds. The van der Waals surface area contributed by atoms with Gasteiger partial charge in [-0.1, -0.05) is 36.2 Å². The standard InChI is InChI=1S/C20H20ClN5O3S/c21-15-9-10-18(25-14-22-13-23-25)17(12-15)24-20(27)19-8-4-5-11-26(19)30(28,29)16-6-2-1-3-7-16/h1-3,6-7,9-10,12-14,19H,4-5,8,11H2,(H,24,27). The van der Waals surface area contributed by atoms with E-state index < -0.39 is 22.0 Å². The second-order valence-electron chi connectivity index (χ2n) is 6.93. The van der Waals surface area contributed by atoms with Gasteiger partial charge in [0.1, 0.15) is 18.7 Å². The van der Waals surface area contributed by atoms with Crippen LogP contribution in [0.25, 0.3) is 5.69 Å². The largest absolute Gasteiger partial charge is 0.323 e. The molecule has 1 aliphatic heterocycles. The number of carbonyl (C=O) groups is 1. The maximum Gasteiger partial charge on any atom is 0.243 e. The first-order chi connectivity index (χ1) is 14.5. The molecule has 156 valence electrons. The Hall–Kier alpha value is -2.75. The van der Waals surface area contributed by atoms with Crippen LogP contribution in [0.4, 0.5) is 5.69 Å². The predicted molar refractivity (Wildman–Crippen MR) is 113 cm³/mol. The third-order valence-electron chi connectivity index (χ3n) is 4.99. The zero-order valence-electron chi connectivity index (χ0n) is 16.0. The van der Waals surface area contributed by atoms with Crippen molar-refractivity contribution in [2.24, 2.45) is 0 Å². The molecular formula is C20H20ClN5O3S. The van der Waals surface area contributed by atoms with Gasteiger partial charge in [0, 0.05) is 11.6 Å². The summed E-state index contributed by atoms with van der Waals surface area (Å²) in [7, 11) is -3.79. The lowest BCUT2D eigenvalue weighted by Gasteiger charge is -2.33. The number of rotatable bonds is 5. The Morgan fingerprint density at radius 3 is 2.67 bits per heavy atom. The highest BCUT2D eigenvalue weighted by molar-refractivity contribution is 7.89. The molecule has 8 nitrogen and oxygen atoms in total. The number of aromatic nitrogens is 3. The van der Waals surface area contributed by atoms with Crippen molar-refractivity contribution in [1.29, 1.82) is 0 Å². The van der Waals surface area contributed by atoms with Crippen molar-refractivity contribution < 1.29 is 13.2 Å². The number of amides is 1. The topological polar surface area (TPSA) is 97.2 Å². The van der Waals surface area contributed by atoms with Gasteiger partial charge in [-0.2, -0.15) is 9.40 Å². The van der Waals surface area contributed by atoms with Crippen molar-refractivity contribution in [3.8, 4) is 5.69 Å². The van der Waals surface area contributed by atoms with Crippen LogP contribution in [0.2, 0.25) is 5.02 Å². The van der Waals surface area contributed by atoms with Gasteiger partial charge in [-0.25, -0.2) is 18.1 Å². The first-order valence-electron chi connectivity index (χ1n) is 9.49. The van der Waals surface area contributed by atoms with Gasteiger partial charge in [-0.05, 0) is 43.2 Å². The Kier molecular flexibility index (Phi) is 5.85. The molecule has 3 aromatic rings. The second kappa shape index (κ2) is 8.55. The fourth-order valence-electron chi connectivity index (χ4n) is 3.54. The summed E-state index contributed by atoms with van der Waals surface area (Å²) in [6.45, 7) is 0.292. The van der Waals surface area contributed by atoms with Crippen LogP contribution in [0.15, 0.2) is 66.1 Å². The number of nitrogens with zero attached hydrogens (tertiary/aromatic N) is 4. The van der Waals surface area contributed by atoms with E-state index >= 15 is 0 Å². The second-order valence-corrected chi connectivity index (χ2v) is 9.26. The number of sulfonamides is 1. The van der Waals surface area contributed by atoms with Gasteiger partial charge >= 0.3 is 0 Å². The van der Waals surface area contributed by atoms with E-state index in [-0.39, 0.29) is 4.90 Å². The average Bonchev–Trinajstić information content (AvgIpc) is 3.29. The highest BCUT2D eigenvalue weighted by Crippen LogP contribution is 2.28. The van der Waals surface area contributed by atoms with Crippen molar-refractivity contribution in [2.45, 2.75) is 30.2 Å². The van der Waals surface area contributed by atoms with E-state index in [1.165, 1.54) is 21.6 Å². The Bertz CT molecular complexity index is 1140. The zero-order chi connectivity index (χ0) is 21.1. The van der Waals surface area contributed by atoms with Gasteiger partial charge in [-0.3, -0.25) is 4.79 Å². The van der Waals surface area contributed by atoms with Crippen molar-refractivity contribution >= 4 is 33.2 Å². The van der Waals surface area contributed by atoms with E-state index in [9.17, 15) is 13.2 Å². The molecular weight excluding hydrogens is 426 g/mol. The van der Waals surface area contributed by atoms with Crippen LogP contribution in [-0.4, -0.2) is 46.0 Å². The predicted octanol–water partition coefficient (Wildman–Crippen LogP) is 3.10. The molecule has 30 heavy (non-hydrogen) atoms. The minimum atomic E-state index is -3.79. The zero-order valence-corrected chi connectivity index (χ0v) is 17.6. The molecule has 0 radical (unpaired) electrons. The summed E-state index contributed by atoms with van der Waals surface area (Å²) in [5, 5.41) is 7.38. The summed E-state index contributed by atoms with van der Waals surface area (Å²) in [4.78, 5) is 17.3. The van der Waals surface area contributed by atoms with E-state index in [0.29, 0.717) is 35.8 Å². The van der Waals surface area contributed by atoms with Gasteiger partial charge in [-0.15, -0.1) is 0 Å². The molecule has 4 rings (SSSR count). The molecule has 0 saturated carbocycles. The summed E-state index contributed by atoms with van der Waals surface area (Å²) >= 11 is 6.13. The summed E-state index contributed by atoms with van der Waals surface area (Å²) in [5.74, 6) is -0.405. The minimum absolute atomic E-state index is 0.177. The van der Waals surface area contributed by atoms with Crippen LogP contribution in [-0.2, 0) is 14.8 Å². The number of piperidine rings is 1. The maximum atomic E-state index is 13.2. The minimum Gasteiger partial charge on any atom is -0.323 e. The smallest absolute Gasteiger partial charge is 0.243 e. The summed E-state index contributed by atoms with van der Waals surface area (Å²) in [6.07, 6.45) is 4.81. The molecule has 2 aromatic carbocycles. The molecule has 1 atom stereocenters. The van der Waals surface area contributed by atoms with Gasteiger partial charge in [0.25, 0.3) is 0 Å². The molecule has 0 aliphatic carbocycles. The summed E-state index contributed by atoms with van der Waals surface area (Å²) < 4.78 is 29.1. The van der Waals surface area contributed by atoms with E-state index in [1.54, 1.807) is 48.5 Å². The van der Waals surface area contributed by atoms with Crippen LogP contribution in [0.5, 0.6) is 0 Å². The molecule has 1 aliphatic rings. The molecule has 10 heteroatoms. The molecule has 1 N–H and O–H groups in total. The Morgan fingerprint density at radius 2 is 1.93 bits per heavy atom. The van der Waals surface area contributed by atoms with Crippen molar-refractivity contribution in [1.82, 2.24) is 19.1 Å². The Labute approximate surface area is 179 Å². The van der Waals surface area contributed by atoms with Gasteiger partial charge < -0.3 is 5.32 Å². The van der Waals surface area contributed by atoms with E-state index in [1.807, 2.05) is 0 Å². The van der Waals surface area contributed by atoms with Gasteiger partial charge in [0.2, 0.25) is 15.9 Å². The van der Waals surface area contributed by atoms with Crippen molar-refractivity contribution in [3.63, 3.8) is 0 Å². The van der Waals surface area contributed by atoms with Crippen LogP contribution >= 0.6 is 11.6 Å². The highest BCUT2D eigenvalue weighted by atomic mass is 35.5. The monoisotopic (exact) mass is 445 g/mol. The van der Waals surface area contributed by atoms with Crippen LogP contribution in [0.1, 0.15) is 19.3 Å². The summed E-state index contributed by atoms with van der Waals surface area (Å²) in [5.41, 5.74) is 1.01. The lowest BCUT2D eigenvalue weighted by molar-refractivity contribution is -0.120. The van der Waals surface area contributed by atoms with Crippen LogP contribution in [0.3, 0.4) is 0 Å². The SMILES string of the molecule is O=C(Nc1cc(Cl)ccc1-n1cncn1)C1CCCCN1S(=O)(=O)c1ccccc1. The molecule has 1 unspecified atom stereocenters. The number of carbonyl (C=O) groups excluding carboxylic acids is 1. The average molecular weight is 446 g/mol. The van der Waals surface area contributed by atoms with Gasteiger partial charge in [0.15, 0.2) is 0 Å². The fraction of sp³-hybridized carbons (Fsp3) is 0.250. The van der Waals surface area contributed by atoms with Crippen LogP contribution < -0.4 is 5.32 Å². The lowest BCUT2D eigenvalue weighted by atomic mass is 10.0. The van der Waals surface area contributed by atoms with Crippen molar-refractivity contribution in [2.75, 3.05) is 11.9 Å². The first-order valence-corrected chi connectivity index (χ1v) is 11.3. The first kappa shape index (κ1) is 20.5. The van der Waals surface area contributed by atoms with Gasteiger partial charge in [0.05, 0.1) is 16.3 Å². The van der Waals surface area contributed by atoms with E-state index in [2.05, 4.69) is 15.4 Å². The van der Waals surface area contributed by atoms with Crippen molar-refractivity contribution in [3.05, 3.63) is 66.2 Å². The summed E-state index contributed by atoms with van der Waals surface area (Å²) in [6, 6.07) is 12.4. The number of halogens is 1. The molecule has 2 heterocycles. The Balaban J connectivity index is 1.64. The maximum absolute atomic E-state index is 13.2. The molecule has 1 aromatic heterocycles. The normalized spacial score (nSPS) is 17.6. The number of benzene rings is 2. The van der Waals surface area contributed by atoms with E-state index in [0.717, 1.165) is 6.42 Å². The number of anilines is 1. The van der Waals surface area contributed by atoms with E-state index in [4.69, 9.17) is 11.6 Å². The Morgan fingerprint density at radius 1 is 1.13 bits per heavy atom. The molecule has 0 spiro atoms. The molecule has 0 bridgehead atoms. The third-order valence-corrected chi connectivity index (χ3v) is 7.15. The molecule has 1 fully saturated rings. The number of hydrogen-bond donors (Lipinski definition) is 1. The molecule has 1 saturated heterocycles. The fourth-order valence-corrected chi connectivity index (χ4v) is 5.39. The third kappa shape index (κ3) is 4.09. The highest BCUT2D eigenvalue weighted by Gasteiger charge is 2.37. The lowest BCUT2D eigenvalue weighted by Crippen LogP contribution is -2.49. The van der Waals surface area contributed by atoms with Crippen LogP contribution in [0, 0.1) is 0 Å². The number of nitrogens with one attached hydrogen (secondary N) is 1.